The van der Waals surface area contributed by atoms with Gasteiger partial charge in [0.25, 0.3) is 0 Å². The van der Waals surface area contributed by atoms with Crippen molar-refractivity contribution in [1.82, 2.24) is 9.47 Å². The van der Waals surface area contributed by atoms with E-state index in [2.05, 4.69) is 66.8 Å². The lowest BCUT2D eigenvalue weighted by Gasteiger charge is -2.33. The minimum atomic E-state index is 0.512. The fourth-order valence-electron chi connectivity index (χ4n) is 4.44. The van der Waals surface area contributed by atoms with Crippen LogP contribution in [0.4, 0.5) is 0 Å². The van der Waals surface area contributed by atoms with Crippen LogP contribution in [0.1, 0.15) is 32.5 Å². The molecule has 1 unspecified atom stereocenters. The molecule has 24 heavy (non-hydrogen) atoms. The topological polar surface area (TPSA) is 8.17 Å². The summed E-state index contributed by atoms with van der Waals surface area (Å²) >= 11 is 1.92. The normalized spacial score (nSPS) is 20.3. The first kappa shape index (κ1) is 14.5. The van der Waals surface area contributed by atoms with Gasteiger partial charge in [-0.3, -0.25) is 0 Å². The maximum atomic E-state index is 2.59. The molecule has 2 aliphatic rings. The van der Waals surface area contributed by atoms with Crippen LogP contribution in [-0.2, 0) is 13.1 Å². The highest BCUT2D eigenvalue weighted by Crippen LogP contribution is 2.42. The predicted octanol–water partition coefficient (Wildman–Crippen LogP) is 4.95. The number of hydrogen-bond acceptors (Lipinski definition) is 2. The molecule has 0 radical (unpaired) electrons. The van der Waals surface area contributed by atoms with Gasteiger partial charge in [-0.25, -0.2) is 0 Å². The monoisotopic (exact) mass is 334 g/mol. The summed E-state index contributed by atoms with van der Waals surface area (Å²) < 4.78 is 2.59. The third-order valence-electron chi connectivity index (χ3n) is 5.44. The molecule has 2 aromatic heterocycles. The van der Waals surface area contributed by atoms with Crippen molar-refractivity contribution in [3.05, 3.63) is 63.0 Å². The second-order valence-electron chi connectivity index (χ2n) is 7.38. The molecule has 0 N–H and O–H groups in total. The number of allylic oxidation sites excluding steroid dienone is 1. The van der Waals surface area contributed by atoms with Crippen molar-refractivity contribution in [2.24, 2.45) is 0 Å². The van der Waals surface area contributed by atoms with E-state index >= 15 is 0 Å². The predicted molar refractivity (Wildman–Crippen MR) is 103 cm³/mol. The lowest BCUT2D eigenvalue weighted by Crippen LogP contribution is -2.32. The Hall–Kier alpha value is -1.84. The smallest absolute Gasteiger partial charge is 0.0490 e. The average molecular weight is 334 g/mol. The molecule has 0 saturated heterocycles. The Morgan fingerprint density at radius 1 is 1.08 bits per heavy atom. The van der Waals surface area contributed by atoms with Crippen LogP contribution in [0.15, 0.2) is 36.4 Å². The average Bonchev–Trinajstić information content (AvgIpc) is 3.10. The molecule has 122 valence electrons. The Kier molecular flexibility index (Phi) is 3.07. The molecule has 3 heteroatoms. The van der Waals surface area contributed by atoms with Gasteiger partial charge in [0.05, 0.1) is 0 Å². The zero-order valence-corrected chi connectivity index (χ0v) is 15.3. The number of nitrogens with zero attached hydrogens (tertiary/aromatic N) is 2. The Labute approximate surface area is 147 Å². The SMILES string of the molecule is Cc1ccc2c(c1)c1c3n2CC(c2ccc(C)s2)=CC3CN(C)C1. The van der Waals surface area contributed by atoms with Gasteiger partial charge in [-0.05, 0) is 56.3 Å². The van der Waals surface area contributed by atoms with Crippen molar-refractivity contribution in [2.75, 3.05) is 13.6 Å². The van der Waals surface area contributed by atoms with E-state index in [1.54, 1.807) is 11.3 Å². The fourth-order valence-corrected chi connectivity index (χ4v) is 5.32. The van der Waals surface area contributed by atoms with E-state index in [0.29, 0.717) is 5.92 Å². The van der Waals surface area contributed by atoms with Crippen LogP contribution in [-0.4, -0.2) is 23.1 Å². The number of likely N-dealkylation sites (N-methyl/N-ethyl adjacent to an activating group) is 1. The van der Waals surface area contributed by atoms with Crippen LogP contribution in [0.2, 0.25) is 0 Å². The molecule has 3 aromatic rings. The number of hydrogen-bond donors (Lipinski definition) is 0. The van der Waals surface area contributed by atoms with Crippen LogP contribution in [0.25, 0.3) is 16.5 Å². The quantitative estimate of drug-likeness (QED) is 0.611. The standard InChI is InChI=1S/C21H22N2S/c1-13-4-6-19-17(8-13)18-12-22(3)10-16-9-15(11-23(19)21(16)18)20-7-5-14(2)24-20/h4-9,16H,10-12H2,1-3H3. The maximum absolute atomic E-state index is 2.59. The summed E-state index contributed by atoms with van der Waals surface area (Å²) in [5.74, 6) is 0.512. The minimum Gasteiger partial charge on any atom is -0.339 e. The summed E-state index contributed by atoms with van der Waals surface area (Å²) in [5.41, 5.74) is 7.36. The van der Waals surface area contributed by atoms with Crippen LogP contribution < -0.4 is 0 Å². The van der Waals surface area contributed by atoms with Gasteiger partial charge in [-0.1, -0.05) is 17.7 Å². The minimum absolute atomic E-state index is 0.512. The summed E-state index contributed by atoms with van der Waals surface area (Å²) in [5, 5.41) is 1.46. The summed E-state index contributed by atoms with van der Waals surface area (Å²) in [4.78, 5) is 5.30. The summed E-state index contributed by atoms with van der Waals surface area (Å²) in [6, 6.07) is 11.5. The zero-order chi connectivity index (χ0) is 16.4. The van der Waals surface area contributed by atoms with Gasteiger partial charge in [-0.2, -0.15) is 0 Å². The molecule has 0 amide bonds. The van der Waals surface area contributed by atoms with Crippen molar-refractivity contribution in [3.8, 4) is 0 Å². The van der Waals surface area contributed by atoms with E-state index in [1.165, 1.54) is 31.8 Å². The molecule has 2 nitrogen and oxygen atoms in total. The largest absolute Gasteiger partial charge is 0.339 e. The van der Waals surface area contributed by atoms with E-state index < -0.39 is 0 Å². The van der Waals surface area contributed by atoms with Gasteiger partial charge >= 0.3 is 0 Å². The fraction of sp³-hybridized carbons (Fsp3) is 0.333. The van der Waals surface area contributed by atoms with Gasteiger partial charge in [0, 0.05) is 51.9 Å². The first-order chi connectivity index (χ1) is 11.6. The Bertz CT molecular complexity index is 989. The highest BCUT2D eigenvalue weighted by atomic mass is 32.1. The van der Waals surface area contributed by atoms with E-state index in [1.807, 2.05) is 11.3 Å². The molecule has 0 spiro atoms. The van der Waals surface area contributed by atoms with Crippen molar-refractivity contribution < 1.29 is 0 Å². The van der Waals surface area contributed by atoms with Gasteiger partial charge < -0.3 is 9.47 Å². The number of fused-ring (bicyclic) bond motifs is 3. The van der Waals surface area contributed by atoms with Crippen LogP contribution in [0.5, 0.6) is 0 Å². The second-order valence-corrected chi connectivity index (χ2v) is 8.66. The molecule has 1 atom stereocenters. The Balaban J connectivity index is 1.74. The zero-order valence-electron chi connectivity index (χ0n) is 14.5. The number of aromatic nitrogens is 1. The van der Waals surface area contributed by atoms with Crippen LogP contribution in [0, 0.1) is 13.8 Å². The van der Waals surface area contributed by atoms with Gasteiger partial charge in [0.15, 0.2) is 0 Å². The molecule has 4 heterocycles. The first-order valence-corrected chi connectivity index (χ1v) is 9.49. The summed E-state index contributed by atoms with van der Waals surface area (Å²) in [6.45, 7) is 7.60. The van der Waals surface area contributed by atoms with E-state index in [-0.39, 0.29) is 0 Å². The third kappa shape index (κ3) is 2.04. The van der Waals surface area contributed by atoms with Crippen molar-refractivity contribution in [2.45, 2.75) is 32.9 Å². The molecular formula is C21H22N2S. The summed E-state index contributed by atoms with van der Waals surface area (Å²) in [7, 11) is 2.25. The lowest BCUT2D eigenvalue weighted by atomic mass is 9.90. The molecule has 0 bridgehead atoms. The molecule has 2 aliphatic heterocycles. The van der Waals surface area contributed by atoms with Gasteiger partial charge in [0.1, 0.15) is 0 Å². The van der Waals surface area contributed by atoms with Crippen LogP contribution >= 0.6 is 11.3 Å². The molecule has 5 rings (SSSR count). The Morgan fingerprint density at radius 3 is 2.75 bits per heavy atom. The highest BCUT2D eigenvalue weighted by Gasteiger charge is 2.32. The van der Waals surface area contributed by atoms with E-state index in [0.717, 1.165) is 19.6 Å². The van der Waals surface area contributed by atoms with Crippen molar-refractivity contribution >= 4 is 27.8 Å². The lowest BCUT2D eigenvalue weighted by molar-refractivity contribution is 0.292. The Morgan fingerprint density at radius 2 is 1.96 bits per heavy atom. The molecule has 1 aromatic carbocycles. The van der Waals surface area contributed by atoms with Crippen molar-refractivity contribution in [1.29, 1.82) is 0 Å². The van der Waals surface area contributed by atoms with E-state index in [4.69, 9.17) is 0 Å². The number of benzene rings is 1. The number of aryl methyl sites for hydroxylation is 2. The highest BCUT2D eigenvalue weighted by molar-refractivity contribution is 7.13. The van der Waals surface area contributed by atoms with Crippen molar-refractivity contribution in [3.63, 3.8) is 0 Å². The third-order valence-corrected chi connectivity index (χ3v) is 6.52. The van der Waals surface area contributed by atoms with Gasteiger partial charge in [0.2, 0.25) is 0 Å². The molecule has 0 saturated carbocycles. The molecule has 0 fully saturated rings. The molecular weight excluding hydrogens is 312 g/mol. The maximum Gasteiger partial charge on any atom is 0.0490 e. The first-order valence-electron chi connectivity index (χ1n) is 8.68. The van der Waals surface area contributed by atoms with Crippen LogP contribution in [0.3, 0.4) is 0 Å². The number of rotatable bonds is 1. The molecule has 0 aliphatic carbocycles. The van der Waals surface area contributed by atoms with Gasteiger partial charge in [-0.15, -0.1) is 11.3 Å². The number of thiophene rings is 1. The summed E-state index contributed by atoms with van der Waals surface area (Å²) in [6.07, 6.45) is 2.53. The second kappa shape index (κ2) is 5.08. The van der Waals surface area contributed by atoms with E-state index in [9.17, 15) is 0 Å².